The fourth-order valence-corrected chi connectivity index (χ4v) is 4.50. The number of methoxy groups -OCH3 is 1. The summed E-state index contributed by atoms with van der Waals surface area (Å²) in [4.78, 5) is 16.4. The number of anilines is 2. The lowest BCUT2D eigenvalue weighted by atomic mass is 10.1. The lowest BCUT2D eigenvalue weighted by Crippen LogP contribution is -2.18. The Morgan fingerprint density at radius 3 is 2.42 bits per heavy atom. The fraction of sp³-hybridized carbons (Fsp3) is 0.286. The lowest BCUT2D eigenvalue weighted by molar-refractivity contribution is 0.102. The fourth-order valence-electron chi connectivity index (χ4n) is 3.15. The van der Waals surface area contributed by atoms with E-state index in [1.54, 1.807) is 10.7 Å². The maximum Gasteiger partial charge on any atom is 0.276 e. The molecule has 31 heavy (non-hydrogen) atoms. The summed E-state index contributed by atoms with van der Waals surface area (Å²) in [5, 5.41) is 6.88. The third-order valence-corrected chi connectivity index (χ3v) is 6.13. The van der Waals surface area contributed by atoms with Gasteiger partial charge < -0.3 is 10.1 Å². The highest BCUT2D eigenvalue weighted by molar-refractivity contribution is 7.92. The molecule has 0 saturated heterocycles. The van der Waals surface area contributed by atoms with Gasteiger partial charge in [-0.05, 0) is 51.0 Å². The minimum Gasteiger partial charge on any atom is -0.480 e. The van der Waals surface area contributed by atoms with E-state index in [0.29, 0.717) is 12.2 Å². The van der Waals surface area contributed by atoms with Gasteiger partial charge >= 0.3 is 0 Å². The number of aromatic nitrogens is 3. The largest absolute Gasteiger partial charge is 0.480 e. The van der Waals surface area contributed by atoms with Gasteiger partial charge in [-0.15, -0.1) is 0 Å². The number of carbonyl (C=O) groups excluding carboxylic acids is 1. The molecule has 0 aliphatic rings. The summed E-state index contributed by atoms with van der Waals surface area (Å²) >= 11 is 0. The lowest BCUT2D eigenvalue weighted by Gasteiger charge is -2.15. The Bertz CT molecular complexity index is 1210. The summed E-state index contributed by atoms with van der Waals surface area (Å²) in [7, 11) is -2.71. The van der Waals surface area contributed by atoms with Crippen molar-refractivity contribution in [3.05, 3.63) is 59.0 Å². The number of nitrogens with one attached hydrogen (secondary N) is 2. The van der Waals surface area contributed by atoms with Crippen LogP contribution in [-0.2, 0) is 16.6 Å². The highest BCUT2D eigenvalue weighted by atomic mass is 32.2. The van der Waals surface area contributed by atoms with Crippen LogP contribution in [0.1, 0.15) is 34.2 Å². The van der Waals surface area contributed by atoms with Crippen molar-refractivity contribution in [2.45, 2.75) is 39.1 Å². The van der Waals surface area contributed by atoms with Gasteiger partial charge in [0.2, 0.25) is 5.88 Å². The first kappa shape index (κ1) is 22.3. The summed E-state index contributed by atoms with van der Waals surface area (Å²) in [6.07, 6.45) is 1.33. The van der Waals surface area contributed by atoms with Crippen molar-refractivity contribution in [3.8, 4) is 5.88 Å². The normalized spacial score (nSPS) is 11.3. The third kappa shape index (κ3) is 4.69. The zero-order valence-corrected chi connectivity index (χ0v) is 18.9. The Labute approximate surface area is 181 Å². The minimum absolute atomic E-state index is 0.0807. The number of ether oxygens (including phenoxy) is 1. The number of amides is 1. The van der Waals surface area contributed by atoms with Crippen LogP contribution >= 0.6 is 0 Å². The van der Waals surface area contributed by atoms with E-state index in [0.717, 1.165) is 16.8 Å². The maximum atomic E-state index is 13.1. The Hall–Kier alpha value is -3.40. The molecule has 164 valence electrons. The molecule has 3 rings (SSSR count). The predicted octanol–water partition coefficient (Wildman–Crippen LogP) is 3.28. The van der Waals surface area contributed by atoms with E-state index >= 15 is 0 Å². The van der Waals surface area contributed by atoms with Crippen LogP contribution in [0.15, 0.2) is 41.4 Å². The second-order valence-electron chi connectivity index (χ2n) is 7.04. The predicted molar refractivity (Wildman–Crippen MR) is 118 cm³/mol. The van der Waals surface area contributed by atoms with Crippen LogP contribution in [0.3, 0.4) is 0 Å². The summed E-state index contributed by atoms with van der Waals surface area (Å²) in [5.41, 5.74) is 3.33. The molecule has 0 aliphatic carbocycles. The second-order valence-corrected chi connectivity index (χ2v) is 8.70. The molecule has 0 spiro atoms. The van der Waals surface area contributed by atoms with Crippen molar-refractivity contribution >= 4 is 27.3 Å². The van der Waals surface area contributed by atoms with Crippen molar-refractivity contribution in [3.63, 3.8) is 0 Å². The quantitative estimate of drug-likeness (QED) is 0.579. The summed E-state index contributed by atoms with van der Waals surface area (Å²) in [6, 6.07) is 8.45. The van der Waals surface area contributed by atoms with Gasteiger partial charge in [-0.2, -0.15) is 5.10 Å². The molecule has 2 aromatic heterocycles. The molecule has 0 aliphatic heterocycles. The number of sulfonamides is 1. The van der Waals surface area contributed by atoms with Crippen molar-refractivity contribution < 1.29 is 17.9 Å². The first-order valence-electron chi connectivity index (χ1n) is 9.65. The van der Waals surface area contributed by atoms with Crippen LogP contribution in [0.2, 0.25) is 0 Å². The molecule has 0 bridgehead atoms. The first-order chi connectivity index (χ1) is 14.7. The van der Waals surface area contributed by atoms with Crippen LogP contribution in [0, 0.1) is 20.8 Å². The molecule has 1 aromatic carbocycles. The molecule has 0 unspecified atom stereocenters. The molecule has 3 aromatic rings. The standard InChI is InChI=1S/C21H25N5O4S/c1-6-26-15(4)10-17(24-26)20(27)23-16-11-18(21(30-5)22-12-16)31(28,29)25-19-13(2)8-7-9-14(19)3/h7-12,25H,6H2,1-5H3,(H,23,27). The Morgan fingerprint density at radius 2 is 1.84 bits per heavy atom. The van der Waals surface area contributed by atoms with Crippen LogP contribution in [0.25, 0.3) is 0 Å². The molecule has 2 heterocycles. The molecule has 0 fully saturated rings. The molecule has 0 atom stereocenters. The van der Waals surface area contributed by atoms with Gasteiger partial charge in [-0.1, -0.05) is 18.2 Å². The Kier molecular flexibility index (Phi) is 6.30. The molecule has 10 heteroatoms. The van der Waals surface area contributed by atoms with Crippen molar-refractivity contribution in [1.29, 1.82) is 0 Å². The summed E-state index contributed by atoms with van der Waals surface area (Å²) in [6.45, 7) is 8.04. The highest BCUT2D eigenvalue weighted by Crippen LogP contribution is 2.29. The minimum atomic E-state index is -4.04. The Morgan fingerprint density at radius 1 is 1.16 bits per heavy atom. The van der Waals surface area contributed by atoms with Crippen LogP contribution < -0.4 is 14.8 Å². The first-order valence-corrected chi connectivity index (χ1v) is 11.1. The monoisotopic (exact) mass is 443 g/mol. The summed E-state index contributed by atoms with van der Waals surface area (Å²) < 4.78 is 35.7. The number of para-hydroxylation sites is 1. The number of rotatable bonds is 7. The van der Waals surface area contributed by atoms with Gasteiger partial charge in [0.05, 0.1) is 24.7 Å². The van der Waals surface area contributed by atoms with E-state index < -0.39 is 15.9 Å². The van der Waals surface area contributed by atoms with Crippen LogP contribution in [0.4, 0.5) is 11.4 Å². The molecule has 1 amide bonds. The maximum absolute atomic E-state index is 13.1. The molecule has 9 nitrogen and oxygen atoms in total. The van der Waals surface area contributed by atoms with E-state index in [9.17, 15) is 13.2 Å². The SMILES string of the molecule is CCn1nc(C(=O)Nc2cnc(OC)c(S(=O)(=O)Nc3c(C)cccc3C)c2)cc1C. The highest BCUT2D eigenvalue weighted by Gasteiger charge is 2.24. The number of pyridine rings is 1. The van der Waals surface area contributed by atoms with E-state index in [1.165, 1.54) is 19.4 Å². The number of nitrogens with zero attached hydrogens (tertiary/aromatic N) is 3. The molecule has 2 N–H and O–H groups in total. The number of hydrogen-bond acceptors (Lipinski definition) is 6. The van der Waals surface area contributed by atoms with Gasteiger partial charge in [0.25, 0.3) is 15.9 Å². The van der Waals surface area contributed by atoms with E-state index in [4.69, 9.17) is 4.74 Å². The van der Waals surface area contributed by atoms with Crippen LogP contribution in [-0.4, -0.2) is 36.2 Å². The smallest absolute Gasteiger partial charge is 0.276 e. The number of hydrogen-bond donors (Lipinski definition) is 2. The van der Waals surface area contributed by atoms with E-state index in [1.807, 2.05) is 45.9 Å². The third-order valence-electron chi connectivity index (χ3n) is 4.79. The second kappa shape index (κ2) is 8.76. The van der Waals surface area contributed by atoms with Crippen molar-refractivity contribution in [1.82, 2.24) is 14.8 Å². The van der Waals surface area contributed by atoms with Gasteiger partial charge in [-0.25, -0.2) is 13.4 Å². The zero-order valence-electron chi connectivity index (χ0n) is 18.1. The molecular weight excluding hydrogens is 418 g/mol. The average Bonchev–Trinajstić information content (AvgIpc) is 3.11. The van der Waals surface area contributed by atoms with E-state index in [2.05, 4.69) is 20.1 Å². The average molecular weight is 444 g/mol. The molecule has 0 radical (unpaired) electrons. The van der Waals surface area contributed by atoms with E-state index in [-0.39, 0.29) is 22.2 Å². The molecular formula is C21H25N5O4S. The van der Waals surface area contributed by atoms with Gasteiger partial charge in [0, 0.05) is 12.2 Å². The Balaban J connectivity index is 1.93. The van der Waals surface area contributed by atoms with Crippen molar-refractivity contribution in [2.24, 2.45) is 0 Å². The van der Waals surface area contributed by atoms with Gasteiger partial charge in [0.15, 0.2) is 10.6 Å². The van der Waals surface area contributed by atoms with Gasteiger partial charge in [-0.3, -0.25) is 14.2 Å². The number of aryl methyl sites for hydroxylation is 4. The van der Waals surface area contributed by atoms with Crippen LogP contribution in [0.5, 0.6) is 5.88 Å². The topological polar surface area (TPSA) is 115 Å². The molecule has 0 saturated carbocycles. The van der Waals surface area contributed by atoms with Crippen molar-refractivity contribution in [2.75, 3.05) is 17.1 Å². The zero-order chi connectivity index (χ0) is 22.8. The van der Waals surface area contributed by atoms with Gasteiger partial charge in [0.1, 0.15) is 0 Å². The summed E-state index contributed by atoms with van der Waals surface area (Å²) in [5.74, 6) is -0.545. The number of carbonyl (C=O) groups is 1. The number of benzene rings is 1.